The van der Waals surface area contributed by atoms with Crippen molar-refractivity contribution in [2.75, 3.05) is 13.1 Å². The molecule has 0 unspecified atom stereocenters. The number of β-amino-alcohol motifs (C(OH)–C–C–N with tert-alkyl or cyclic N) is 1. The number of aromatic nitrogens is 2. The minimum absolute atomic E-state index is 0.183. The Hall–Kier alpha value is -2.70. The first kappa shape index (κ1) is 16.8. The maximum absolute atomic E-state index is 12.4. The van der Waals surface area contributed by atoms with Gasteiger partial charge in [0, 0.05) is 44.2 Å². The van der Waals surface area contributed by atoms with E-state index in [0.29, 0.717) is 12.1 Å². The maximum Gasteiger partial charge on any atom is 0.251 e. The summed E-state index contributed by atoms with van der Waals surface area (Å²) in [6.45, 7) is 2.46. The monoisotopic (exact) mass is 350 g/mol. The van der Waals surface area contributed by atoms with Gasteiger partial charge in [-0.1, -0.05) is 30.3 Å². The summed E-state index contributed by atoms with van der Waals surface area (Å²) in [4.78, 5) is 14.6. The molecule has 0 saturated heterocycles. The minimum atomic E-state index is -0.603. The standard InChI is InChI=1S/C20H22N4O2/c1-23-19-8-14(6-7-15(19)9-22-23)20(26)21-10-18(25)13-24-11-16-4-2-3-5-17(16)12-24/h2-9,18,25H,10-13H2,1H3,(H,21,26)/t18-/m0/s1. The molecule has 26 heavy (non-hydrogen) atoms. The normalized spacial score (nSPS) is 15.2. The Morgan fingerprint density at radius 3 is 2.69 bits per heavy atom. The van der Waals surface area contributed by atoms with Crippen LogP contribution in [0, 0.1) is 0 Å². The molecule has 6 heteroatoms. The molecule has 0 bridgehead atoms. The van der Waals surface area contributed by atoms with Crippen LogP contribution in [0.4, 0.5) is 0 Å². The van der Waals surface area contributed by atoms with E-state index < -0.39 is 6.10 Å². The number of aliphatic hydroxyl groups is 1. The van der Waals surface area contributed by atoms with Crippen molar-refractivity contribution in [1.82, 2.24) is 20.0 Å². The summed E-state index contributed by atoms with van der Waals surface area (Å²) in [7, 11) is 1.85. The Balaban J connectivity index is 1.32. The third-order valence-electron chi connectivity index (χ3n) is 4.88. The summed E-state index contributed by atoms with van der Waals surface area (Å²) in [6, 6.07) is 13.8. The van der Waals surface area contributed by atoms with Gasteiger partial charge in [-0.25, -0.2) is 0 Å². The van der Waals surface area contributed by atoms with Crippen molar-refractivity contribution in [3.63, 3.8) is 0 Å². The van der Waals surface area contributed by atoms with Crippen LogP contribution in [0.5, 0.6) is 0 Å². The Morgan fingerprint density at radius 2 is 1.96 bits per heavy atom. The number of rotatable bonds is 5. The molecule has 1 aliphatic heterocycles. The maximum atomic E-state index is 12.4. The third kappa shape index (κ3) is 3.34. The van der Waals surface area contributed by atoms with Crippen LogP contribution in [0.15, 0.2) is 48.7 Å². The molecule has 0 saturated carbocycles. The number of benzene rings is 2. The molecule has 3 aromatic rings. The quantitative estimate of drug-likeness (QED) is 0.735. The van der Waals surface area contributed by atoms with E-state index >= 15 is 0 Å². The van der Waals surface area contributed by atoms with Crippen LogP contribution in [0.1, 0.15) is 21.5 Å². The lowest BCUT2D eigenvalue weighted by atomic mass is 10.1. The van der Waals surface area contributed by atoms with Crippen molar-refractivity contribution in [3.8, 4) is 0 Å². The van der Waals surface area contributed by atoms with Gasteiger partial charge in [-0.2, -0.15) is 5.10 Å². The van der Waals surface area contributed by atoms with Crippen LogP contribution in [0.25, 0.3) is 10.9 Å². The highest BCUT2D eigenvalue weighted by atomic mass is 16.3. The number of fused-ring (bicyclic) bond motifs is 2. The van der Waals surface area contributed by atoms with E-state index in [1.807, 2.05) is 31.3 Å². The fourth-order valence-corrected chi connectivity index (χ4v) is 3.49. The lowest BCUT2D eigenvalue weighted by Gasteiger charge is -2.19. The Bertz CT molecular complexity index is 925. The van der Waals surface area contributed by atoms with Gasteiger partial charge in [0.1, 0.15) is 0 Å². The molecule has 2 heterocycles. The van der Waals surface area contributed by atoms with Gasteiger partial charge in [0.2, 0.25) is 0 Å². The summed E-state index contributed by atoms with van der Waals surface area (Å²) >= 11 is 0. The summed E-state index contributed by atoms with van der Waals surface area (Å²) in [5.41, 5.74) is 4.11. The van der Waals surface area contributed by atoms with E-state index in [1.165, 1.54) is 11.1 Å². The Labute approximate surface area is 152 Å². The summed E-state index contributed by atoms with van der Waals surface area (Å²) in [5, 5.41) is 18.3. The first-order valence-electron chi connectivity index (χ1n) is 8.77. The Kier molecular flexibility index (Phi) is 4.44. The molecule has 1 aliphatic rings. The molecule has 0 fully saturated rings. The van der Waals surface area contributed by atoms with Crippen molar-refractivity contribution in [2.45, 2.75) is 19.2 Å². The molecule has 4 rings (SSSR count). The fraction of sp³-hybridized carbons (Fsp3) is 0.300. The van der Waals surface area contributed by atoms with Crippen LogP contribution in [0.2, 0.25) is 0 Å². The van der Waals surface area contributed by atoms with E-state index in [4.69, 9.17) is 0 Å². The molecule has 2 aromatic carbocycles. The minimum Gasteiger partial charge on any atom is -0.390 e. The topological polar surface area (TPSA) is 70.4 Å². The average molecular weight is 350 g/mol. The van der Waals surface area contributed by atoms with Crippen LogP contribution < -0.4 is 5.32 Å². The fourth-order valence-electron chi connectivity index (χ4n) is 3.49. The number of nitrogens with one attached hydrogen (secondary N) is 1. The van der Waals surface area contributed by atoms with E-state index in [9.17, 15) is 9.90 Å². The van der Waals surface area contributed by atoms with Gasteiger partial charge in [0.15, 0.2) is 0 Å². The molecule has 1 atom stereocenters. The number of nitrogens with zero attached hydrogens (tertiary/aromatic N) is 3. The van der Waals surface area contributed by atoms with Gasteiger partial charge in [-0.05, 0) is 23.3 Å². The van der Waals surface area contributed by atoms with Crippen molar-refractivity contribution >= 4 is 16.8 Å². The van der Waals surface area contributed by atoms with Crippen LogP contribution in [0.3, 0.4) is 0 Å². The number of aryl methyl sites for hydroxylation is 1. The molecule has 1 aromatic heterocycles. The second kappa shape index (κ2) is 6.90. The molecule has 0 aliphatic carbocycles. The van der Waals surface area contributed by atoms with Gasteiger partial charge in [0.25, 0.3) is 5.91 Å². The SMILES string of the molecule is Cn1ncc2ccc(C(=O)NC[C@H](O)CN3Cc4ccccc4C3)cc21. The zero-order valence-corrected chi connectivity index (χ0v) is 14.7. The lowest BCUT2D eigenvalue weighted by molar-refractivity contribution is 0.0856. The zero-order chi connectivity index (χ0) is 18.1. The van der Waals surface area contributed by atoms with E-state index in [0.717, 1.165) is 24.0 Å². The molecule has 0 radical (unpaired) electrons. The molecule has 1 amide bonds. The molecular formula is C20H22N4O2. The Morgan fingerprint density at radius 1 is 1.23 bits per heavy atom. The van der Waals surface area contributed by atoms with Gasteiger partial charge in [0.05, 0.1) is 17.8 Å². The highest BCUT2D eigenvalue weighted by Crippen LogP contribution is 2.22. The highest BCUT2D eigenvalue weighted by molar-refractivity contribution is 5.97. The number of amides is 1. The largest absolute Gasteiger partial charge is 0.390 e. The van der Waals surface area contributed by atoms with Crippen LogP contribution in [-0.2, 0) is 20.1 Å². The predicted molar refractivity (Wildman–Crippen MR) is 99.6 cm³/mol. The number of carbonyl (C=O) groups excluding carboxylic acids is 1. The van der Waals surface area contributed by atoms with E-state index in [2.05, 4.69) is 27.4 Å². The zero-order valence-electron chi connectivity index (χ0n) is 14.7. The third-order valence-corrected chi connectivity index (χ3v) is 4.88. The smallest absolute Gasteiger partial charge is 0.251 e. The van der Waals surface area contributed by atoms with Gasteiger partial charge in [-0.15, -0.1) is 0 Å². The molecule has 0 spiro atoms. The van der Waals surface area contributed by atoms with Crippen molar-refractivity contribution < 1.29 is 9.90 Å². The first-order valence-corrected chi connectivity index (χ1v) is 8.77. The van der Waals surface area contributed by atoms with E-state index in [-0.39, 0.29) is 12.5 Å². The number of hydrogen-bond donors (Lipinski definition) is 2. The average Bonchev–Trinajstić information content (AvgIpc) is 3.22. The summed E-state index contributed by atoms with van der Waals surface area (Å²) in [5.74, 6) is -0.183. The van der Waals surface area contributed by atoms with Crippen molar-refractivity contribution in [3.05, 3.63) is 65.4 Å². The van der Waals surface area contributed by atoms with E-state index in [1.54, 1.807) is 16.9 Å². The highest BCUT2D eigenvalue weighted by Gasteiger charge is 2.21. The number of hydrogen-bond acceptors (Lipinski definition) is 4. The van der Waals surface area contributed by atoms with Crippen LogP contribution in [-0.4, -0.2) is 44.9 Å². The predicted octanol–water partition coefficient (Wildman–Crippen LogP) is 1.68. The van der Waals surface area contributed by atoms with Gasteiger partial charge >= 0.3 is 0 Å². The lowest BCUT2D eigenvalue weighted by Crippen LogP contribution is -2.38. The summed E-state index contributed by atoms with van der Waals surface area (Å²) in [6.07, 6.45) is 1.17. The number of aliphatic hydroxyl groups excluding tert-OH is 1. The molecular weight excluding hydrogens is 328 g/mol. The van der Waals surface area contributed by atoms with Crippen LogP contribution >= 0.6 is 0 Å². The van der Waals surface area contributed by atoms with Gasteiger partial charge < -0.3 is 10.4 Å². The molecule has 6 nitrogen and oxygen atoms in total. The summed E-state index contributed by atoms with van der Waals surface area (Å²) < 4.78 is 1.74. The number of carbonyl (C=O) groups is 1. The molecule has 2 N–H and O–H groups in total. The van der Waals surface area contributed by atoms with Crippen molar-refractivity contribution in [1.29, 1.82) is 0 Å². The molecule has 134 valence electrons. The second-order valence-electron chi connectivity index (χ2n) is 6.84. The van der Waals surface area contributed by atoms with Crippen molar-refractivity contribution in [2.24, 2.45) is 7.05 Å². The second-order valence-corrected chi connectivity index (χ2v) is 6.84. The first-order chi connectivity index (χ1) is 12.6. The van der Waals surface area contributed by atoms with Gasteiger partial charge in [-0.3, -0.25) is 14.4 Å².